The van der Waals surface area contributed by atoms with E-state index < -0.39 is 0 Å². The second-order valence-electron chi connectivity index (χ2n) is 4.01. The van der Waals surface area contributed by atoms with Crippen molar-refractivity contribution in [2.45, 2.75) is 20.4 Å². The number of nitrogens with one attached hydrogen (secondary N) is 1. The van der Waals surface area contributed by atoms with E-state index in [9.17, 15) is 0 Å². The minimum Gasteiger partial charge on any atom is -0.381 e. The molecule has 0 spiro atoms. The van der Waals surface area contributed by atoms with E-state index in [1.807, 2.05) is 12.3 Å². The zero-order valence-corrected chi connectivity index (χ0v) is 10.9. The third kappa shape index (κ3) is 3.75. The fourth-order valence-corrected chi connectivity index (χ4v) is 1.56. The number of halogens is 1. The Labute approximate surface area is 109 Å². The first-order valence-corrected chi connectivity index (χ1v) is 5.46. The van der Waals surface area contributed by atoms with E-state index >= 15 is 0 Å². The summed E-state index contributed by atoms with van der Waals surface area (Å²) >= 11 is 0. The van der Waals surface area contributed by atoms with Crippen LogP contribution in [0, 0.1) is 13.8 Å². The molecule has 0 saturated carbocycles. The maximum absolute atomic E-state index is 4.09. The summed E-state index contributed by atoms with van der Waals surface area (Å²) in [4.78, 5) is 4.09. The molecule has 0 atom stereocenters. The van der Waals surface area contributed by atoms with Crippen LogP contribution in [0.15, 0.2) is 42.7 Å². The highest BCUT2D eigenvalue weighted by molar-refractivity contribution is 5.85. The van der Waals surface area contributed by atoms with Crippen molar-refractivity contribution < 1.29 is 0 Å². The first kappa shape index (κ1) is 13.5. The van der Waals surface area contributed by atoms with Crippen molar-refractivity contribution >= 4 is 18.1 Å². The lowest BCUT2D eigenvalue weighted by atomic mass is 10.1. The minimum atomic E-state index is 0. The molecule has 1 N–H and O–H groups in total. The van der Waals surface area contributed by atoms with Gasteiger partial charge in [-0.3, -0.25) is 4.98 Å². The Hall–Kier alpha value is -1.54. The standard InChI is InChI=1S/C14H16N2.ClH/c1-11-5-6-14(8-12(11)2)16-10-13-4-3-7-15-9-13;/h3-9,16H,10H2,1-2H3;1H. The zero-order chi connectivity index (χ0) is 11.4. The third-order valence-electron chi connectivity index (χ3n) is 2.73. The van der Waals surface area contributed by atoms with Crippen LogP contribution in [0.4, 0.5) is 5.69 Å². The van der Waals surface area contributed by atoms with Gasteiger partial charge in [-0.15, -0.1) is 12.4 Å². The van der Waals surface area contributed by atoms with Crippen LogP contribution < -0.4 is 5.32 Å². The molecule has 90 valence electrons. The van der Waals surface area contributed by atoms with Crippen molar-refractivity contribution in [2.75, 3.05) is 5.32 Å². The van der Waals surface area contributed by atoms with Crippen LogP contribution >= 0.6 is 12.4 Å². The number of nitrogens with zero attached hydrogens (tertiary/aromatic N) is 1. The normalized spacial score (nSPS) is 9.53. The van der Waals surface area contributed by atoms with Crippen molar-refractivity contribution in [1.29, 1.82) is 0 Å². The first-order chi connectivity index (χ1) is 7.75. The van der Waals surface area contributed by atoms with Gasteiger partial charge in [0.15, 0.2) is 0 Å². The van der Waals surface area contributed by atoms with Crippen LogP contribution in [0.1, 0.15) is 16.7 Å². The lowest BCUT2D eigenvalue weighted by molar-refractivity contribution is 1.11. The van der Waals surface area contributed by atoms with Crippen molar-refractivity contribution in [3.63, 3.8) is 0 Å². The maximum atomic E-state index is 4.09. The summed E-state index contributed by atoms with van der Waals surface area (Å²) in [6.45, 7) is 5.07. The summed E-state index contributed by atoms with van der Waals surface area (Å²) in [6, 6.07) is 10.4. The monoisotopic (exact) mass is 248 g/mol. The summed E-state index contributed by atoms with van der Waals surface area (Å²) in [6.07, 6.45) is 3.67. The van der Waals surface area contributed by atoms with E-state index in [4.69, 9.17) is 0 Å². The van der Waals surface area contributed by atoms with Crippen LogP contribution in [0.5, 0.6) is 0 Å². The molecule has 0 aliphatic heterocycles. The molecule has 2 nitrogen and oxygen atoms in total. The molecule has 1 aromatic heterocycles. The Morgan fingerprint density at radius 2 is 1.94 bits per heavy atom. The second kappa shape index (κ2) is 6.26. The fourth-order valence-electron chi connectivity index (χ4n) is 1.56. The number of hydrogen-bond donors (Lipinski definition) is 1. The van der Waals surface area contributed by atoms with E-state index in [-0.39, 0.29) is 12.4 Å². The number of aromatic nitrogens is 1. The minimum absolute atomic E-state index is 0. The lowest BCUT2D eigenvalue weighted by Crippen LogP contribution is -2.00. The molecule has 0 unspecified atom stereocenters. The highest BCUT2D eigenvalue weighted by atomic mass is 35.5. The lowest BCUT2D eigenvalue weighted by Gasteiger charge is -2.08. The molecule has 1 heterocycles. The molecular weight excluding hydrogens is 232 g/mol. The number of benzene rings is 1. The molecule has 0 aliphatic rings. The summed E-state index contributed by atoms with van der Waals surface area (Å²) < 4.78 is 0. The molecule has 0 aliphatic carbocycles. The summed E-state index contributed by atoms with van der Waals surface area (Å²) in [5.74, 6) is 0. The predicted octanol–water partition coefficient (Wildman–Crippen LogP) is 3.73. The average Bonchev–Trinajstić information content (AvgIpc) is 2.32. The Kier molecular flexibility index (Phi) is 4.98. The van der Waals surface area contributed by atoms with Crippen molar-refractivity contribution in [2.24, 2.45) is 0 Å². The molecule has 0 amide bonds. The van der Waals surface area contributed by atoms with E-state index in [1.54, 1.807) is 6.20 Å². The topological polar surface area (TPSA) is 24.9 Å². The Bertz CT molecular complexity index is 469. The predicted molar refractivity (Wildman–Crippen MR) is 74.7 cm³/mol. The smallest absolute Gasteiger partial charge is 0.0416 e. The van der Waals surface area contributed by atoms with Gasteiger partial charge in [0.1, 0.15) is 0 Å². The molecule has 0 saturated heterocycles. The first-order valence-electron chi connectivity index (χ1n) is 5.46. The molecule has 0 fully saturated rings. The van der Waals surface area contributed by atoms with Gasteiger partial charge in [-0.2, -0.15) is 0 Å². The summed E-state index contributed by atoms with van der Waals surface area (Å²) in [5, 5.41) is 3.39. The zero-order valence-electron chi connectivity index (χ0n) is 10.1. The van der Waals surface area contributed by atoms with Crippen LogP contribution in [-0.4, -0.2) is 4.98 Å². The van der Waals surface area contributed by atoms with Crippen molar-refractivity contribution in [3.05, 3.63) is 59.4 Å². The van der Waals surface area contributed by atoms with E-state index in [1.165, 1.54) is 16.7 Å². The number of hydrogen-bond acceptors (Lipinski definition) is 2. The number of anilines is 1. The summed E-state index contributed by atoms with van der Waals surface area (Å²) in [5.41, 5.74) is 5.00. The highest BCUT2D eigenvalue weighted by Gasteiger charge is 1.96. The largest absolute Gasteiger partial charge is 0.381 e. The molecule has 3 heteroatoms. The summed E-state index contributed by atoms with van der Waals surface area (Å²) in [7, 11) is 0. The van der Waals surface area contributed by atoms with Crippen LogP contribution in [0.3, 0.4) is 0 Å². The number of aryl methyl sites for hydroxylation is 2. The molecule has 0 bridgehead atoms. The van der Waals surface area contributed by atoms with Gasteiger partial charge >= 0.3 is 0 Å². The van der Waals surface area contributed by atoms with E-state index in [0.717, 1.165) is 12.2 Å². The van der Waals surface area contributed by atoms with Crippen LogP contribution in [0.25, 0.3) is 0 Å². The Morgan fingerprint density at radius 3 is 2.59 bits per heavy atom. The van der Waals surface area contributed by atoms with E-state index in [0.29, 0.717) is 0 Å². The molecule has 0 radical (unpaired) electrons. The van der Waals surface area contributed by atoms with Crippen molar-refractivity contribution in [3.8, 4) is 0 Å². The van der Waals surface area contributed by atoms with E-state index in [2.05, 4.69) is 48.4 Å². The molecule has 2 aromatic rings. The van der Waals surface area contributed by atoms with Gasteiger partial charge in [-0.1, -0.05) is 12.1 Å². The highest BCUT2D eigenvalue weighted by Crippen LogP contribution is 2.14. The number of pyridine rings is 1. The van der Waals surface area contributed by atoms with Crippen LogP contribution in [0.2, 0.25) is 0 Å². The number of rotatable bonds is 3. The SMILES string of the molecule is Cc1ccc(NCc2cccnc2)cc1C.Cl. The van der Waals surface area contributed by atoms with Gasteiger partial charge in [0.25, 0.3) is 0 Å². The molecule has 1 aromatic carbocycles. The van der Waals surface area contributed by atoms with Gasteiger partial charge in [0, 0.05) is 24.6 Å². The van der Waals surface area contributed by atoms with Gasteiger partial charge in [-0.25, -0.2) is 0 Å². The molecule has 2 rings (SSSR count). The van der Waals surface area contributed by atoms with Gasteiger partial charge < -0.3 is 5.32 Å². The average molecular weight is 249 g/mol. The van der Waals surface area contributed by atoms with Gasteiger partial charge in [0.2, 0.25) is 0 Å². The van der Waals surface area contributed by atoms with Gasteiger partial charge in [0.05, 0.1) is 0 Å². The Balaban J connectivity index is 0.00000144. The third-order valence-corrected chi connectivity index (χ3v) is 2.73. The van der Waals surface area contributed by atoms with Crippen LogP contribution in [-0.2, 0) is 6.54 Å². The Morgan fingerprint density at radius 1 is 1.12 bits per heavy atom. The fraction of sp³-hybridized carbons (Fsp3) is 0.214. The molecule has 17 heavy (non-hydrogen) atoms. The molecular formula is C14H17ClN2. The quantitative estimate of drug-likeness (QED) is 0.895. The van der Waals surface area contributed by atoms with Crippen molar-refractivity contribution in [1.82, 2.24) is 4.98 Å². The van der Waals surface area contributed by atoms with Gasteiger partial charge in [-0.05, 0) is 48.7 Å². The second-order valence-corrected chi connectivity index (χ2v) is 4.01. The maximum Gasteiger partial charge on any atom is 0.0416 e.